The number of halogens is 1. The van der Waals surface area contributed by atoms with Crippen LogP contribution in [0.15, 0.2) is 60.2 Å². The van der Waals surface area contributed by atoms with Crippen LogP contribution in [-0.4, -0.2) is 77.1 Å². The lowest BCUT2D eigenvalue weighted by molar-refractivity contribution is -0.132. The number of nitrogens with one attached hydrogen (secondary N) is 1. The van der Waals surface area contributed by atoms with E-state index in [1.807, 2.05) is 6.92 Å². The van der Waals surface area contributed by atoms with Crippen LogP contribution in [0.4, 0.5) is 4.39 Å². The Morgan fingerprint density at radius 1 is 1.20 bits per heavy atom. The van der Waals surface area contributed by atoms with Crippen molar-refractivity contribution in [1.82, 2.24) is 10.2 Å². The van der Waals surface area contributed by atoms with E-state index >= 15 is 0 Å². The van der Waals surface area contributed by atoms with E-state index in [4.69, 9.17) is 9.47 Å². The molecule has 214 valence electrons. The number of carbonyl (C=O) groups excluding carboxylic acids is 2. The second-order valence-electron chi connectivity index (χ2n) is 9.74. The fourth-order valence-electron chi connectivity index (χ4n) is 5.28. The Hall–Kier alpha value is -3.73. The summed E-state index contributed by atoms with van der Waals surface area (Å²) < 4.78 is 25.5. The van der Waals surface area contributed by atoms with Crippen LogP contribution >= 0.6 is 0 Å². The summed E-state index contributed by atoms with van der Waals surface area (Å²) in [5, 5.41) is 33.4. The smallest absolute Gasteiger partial charge is 0.247 e. The number of aliphatic hydroxyl groups excluding tert-OH is 3. The summed E-state index contributed by atoms with van der Waals surface area (Å²) >= 11 is 0. The number of hydrogen-bond donors (Lipinski definition) is 4. The van der Waals surface area contributed by atoms with Gasteiger partial charge in [-0.3, -0.25) is 9.59 Å². The predicted molar refractivity (Wildman–Crippen MR) is 145 cm³/mol. The van der Waals surface area contributed by atoms with E-state index in [0.717, 1.165) is 0 Å². The van der Waals surface area contributed by atoms with Crippen LogP contribution in [0.1, 0.15) is 36.0 Å². The first-order valence-electron chi connectivity index (χ1n) is 13.3. The van der Waals surface area contributed by atoms with Crippen molar-refractivity contribution in [1.29, 1.82) is 0 Å². The zero-order valence-electron chi connectivity index (χ0n) is 22.5. The summed E-state index contributed by atoms with van der Waals surface area (Å²) in [4.78, 5) is 28.2. The van der Waals surface area contributed by atoms with Crippen molar-refractivity contribution in [2.45, 2.75) is 50.5 Å². The van der Waals surface area contributed by atoms with Gasteiger partial charge >= 0.3 is 0 Å². The van der Waals surface area contributed by atoms with Crippen molar-refractivity contribution in [3.8, 4) is 11.5 Å². The van der Waals surface area contributed by atoms with E-state index in [-0.39, 0.29) is 37.8 Å². The highest BCUT2D eigenvalue weighted by Crippen LogP contribution is 2.51. The second-order valence-corrected chi connectivity index (χ2v) is 9.74. The lowest BCUT2D eigenvalue weighted by Crippen LogP contribution is -2.56. The number of amides is 2. The van der Waals surface area contributed by atoms with Crippen LogP contribution in [0, 0.1) is 5.82 Å². The Balaban J connectivity index is 1.77. The fraction of sp³-hybridized carbons (Fsp3) is 0.400. The minimum absolute atomic E-state index is 0.00987. The topological polar surface area (TPSA) is 129 Å². The average Bonchev–Trinajstić information content (AvgIpc) is 3.35. The monoisotopic (exact) mass is 554 g/mol. The Morgan fingerprint density at radius 3 is 2.67 bits per heavy atom. The minimum atomic E-state index is -1.24. The Labute approximate surface area is 232 Å². The molecular weight excluding hydrogens is 519 g/mol. The second kappa shape index (κ2) is 13.1. The molecule has 2 aliphatic rings. The summed E-state index contributed by atoms with van der Waals surface area (Å²) in [6.45, 7) is 1.50. The van der Waals surface area contributed by atoms with E-state index in [0.29, 0.717) is 41.0 Å². The molecule has 1 heterocycles. The average molecular weight is 555 g/mol. The number of rotatable bonds is 11. The highest BCUT2D eigenvalue weighted by Gasteiger charge is 2.51. The van der Waals surface area contributed by atoms with Gasteiger partial charge in [0.1, 0.15) is 18.0 Å². The normalized spacial score (nSPS) is 21.3. The molecule has 0 fully saturated rings. The highest BCUT2D eigenvalue weighted by atomic mass is 19.1. The lowest BCUT2D eigenvalue weighted by atomic mass is 9.77. The Kier molecular flexibility index (Phi) is 9.57. The minimum Gasteiger partial charge on any atom is -0.493 e. The zero-order chi connectivity index (χ0) is 28.8. The molecule has 0 bridgehead atoms. The molecule has 10 heteroatoms. The van der Waals surface area contributed by atoms with E-state index in [9.17, 15) is 29.3 Å². The van der Waals surface area contributed by atoms with Crippen molar-refractivity contribution in [2.24, 2.45) is 0 Å². The van der Waals surface area contributed by atoms with E-state index < -0.39 is 35.9 Å². The maximum atomic E-state index is 13.8. The SMILES string of the molecule is CCC=CC(=O)N(CCc1cccc(F)c1)C1C=C(C(=O)NCCO)C2c3cc(CO)cc(OC)c3OC2C1O. The van der Waals surface area contributed by atoms with Gasteiger partial charge in [0.25, 0.3) is 0 Å². The molecule has 4 rings (SSSR count). The number of benzene rings is 2. The fourth-order valence-corrected chi connectivity index (χ4v) is 5.28. The van der Waals surface area contributed by atoms with Gasteiger partial charge in [-0.05, 0) is 60.4 Å². The van der Waals surface area contributed by atoms with Crippen LogP contribution in [0.2, 0.25) is 0 Å². The molecule has 4 unspecified atom stereocenters. The van der Waals surface area contributed by atoms with Gasteiger partial charge in [-0.15, -0.1) is 0 Å². The molecule has 0 saturated heterocycles. The van der Waals surface area contributed by atoms with Crippen LogP contribution in [-0.2, 0) is 22.6 Å². The summed E-state index contributed by atoms with van der Waals surface area (Å²) in [6.07, 6.45) is 3.45. The van der Waals surface area contributed by atoms with Crippen LogP contribution in [0.3, 0.4) is 0 Å². The van der Waals surface area contributed by atoms with Gasteiger partial charge in [0.05, 0.1) is 32.3 Å². The Morgan fingerprint density at radius 2 is 2.00 bits per heavy atom. The van der Waals surface area contributed by atoms with Crippen molar-refractivity contribution < 1.29 is 38.8 Å². The molecule has 1 aliphatic carbocycles. The lowest BCUT2D eigenvalue weighted by Gasteiger charge is -2.40. The number of methoxy groups -OCH3 is 1. The molecule has 2 amide bonds. The van der Waals surface area contributed by atoms with Gasteiger partial charge in [0.15, 0.2) is 11.5 Å². The van der Waals surface area contributed by atoms with Crippen molar-refractivity contribution in [2.75, 3.05) is 26.8 Å². The third kappa shape index (κ3) is 6.04. The molecule has 40 heavy (non-hydrogen) atoms. The van der Waals surface area contributed by atoms with Gasteiger partial charge in [0.2, 0.25) is 11.8 Å². The largest absolute Gasteiger partial charge is 0.493 e. The third-order valence-electron chi connectivity index (χ3n) is 7.16. The van der Waals surface area contributed by atoms with Gasteiger partial charge < -0.3 is 35.0 Å². The van der Waals surface area contributed by atoms with E-state index in [1.54, 1.807) is 36.4 Å². The highest BCUT2D eigenvalue weighted by molar-refractivity contribution is 5.96. The Bertz CT molecular complexity index is 1290. The standard InChI is InChI=1S/C30H35FN2O7/c1-3-4-8-25(36)33(11-9-18-6-5-7-20(31)13-18)23-16-22(30(38)32-10-12-34)26-21-14-19(17-35)15-24(39-2)28(21)40-29(26)27(23)37/h4-8,13-16,23,26-27,29,34-35,37H,3,9-12,17H2,1-2H3,(H,32,38). The molecule has 0 aromatic heterocycles. The van der Waals surface area contributed by atoms with Crippen LogP contribution in [0.5, 0.6) is 11.5 Å². The van der Waals surface area contributed by atoms with Crippen molar-refractivity contribution >= 4 is 11.8 Å². The molecule has 0 saturated carbocycles. The third-order valence-corrected chi connectivity index (χ3v) is 7.16. The number of allylic oxidation sites excluding steroid dienone is 1. The number of nitrogens with zero attached hydrogens (tertiary/aromatic N) is 1. The molecule has 2 aromatic rings. The summed E-state index contributed by atoms with van der Waals surface area (Å²) in [5.74, 6) is -1.27. The zero-order valence-corrected chi connectivity index (χ0v) is 22.5. The van der Waals surface area contributed by atoms with E-state index in [2.05, 4.69) is 5.32 Å². The summed E-state index contributed by atoms with van der Waals surface area (Å²) in [7, 11) is 1.46. The quantitative estimate of drug-likeness (QED) is 0.313. The molecule has 9 nitrogen and oxygen atoms in total. The first kappa shape index (κ1) is 29.3. The maximum absolute atomic E-state index is 13.8. The van der Waals surface area contributed by atoms with Gasteiger partial charge in [-0.25, -0.2) is 4.39 Å². The molecule has 0 spiro atoms. The summed E-state index contributed by atoms with van der Waals surface area (Å²) in [5.41, 5.74) is 2.05. The number of aliphatic hydroxyl groups is 3. The molecule has 4 atom stereocenters. The summed E-state index contributed by atoms with van der Waals surface area (Å²) in [6, 6.07) is 8.47. The maximum Gasteiger partial charge on any atom is 0.247 e. The van der Waals surface area contributed by atoms with Crippen molar-refractivity contribution in [3.05, 3.63) is 82.7 Å². The van der Waals surface area contributed by atoms with Gasteiger partial charge in [0, 0.05) is 24.2 Å². The molecule has 4 N–H and O–H groups in total. The van der Waals surface area contributed by atoms with Gasteiger partial charge in [-0.1, -0.05) is 25.1 Å². The number of fused-ring (bicyclic) bond motifs is 3. The van der Waals surface area contributed by atoms with Gasteiger partial charge in [-0.2, -0.15) is 0 Å². The molecule has 2 aromatic carbocycles. The first-order chi connectivity index (χ1) is 19.3. The number of hydrogen-bond acceptors (Lipinski definition) is 7. The van der Waals surface area contributed by atoms with E-state index in [1.165, 1.54) is 30.2 Å². The number of ether oxygens (including phenoxy) is 2. The van der Waals surface area contributed by atoms with Crippen LogP contribution < -0.4 is 14.8 Å². The van der Waals surface area contributed by atoms with Crippen LogP contribution in [0.25, 0.3) is 0 Å². The molecule has 1 aliphatic heterocycles. The molecule has 0 radical (unpaired) electrons. The first-order valence-corrected chi connectivity index (χ1v) is 13.3. The van der Waals surface area contributed by atoms with Crippen molar-refractivity contribution in [3.63, 3.8) is 0 Å². The number of carbonyl (C=O) groups is 2. The predicted octanol–water partition coefficient (Wildman–Crippen LogP) is 1.99. The molecular formula is C30H35FN2O7.